The summed E-state index contributed by atoms with van der Waals surface area (Å²) in [4.78, 5) is 15.3. The molecule has 1 fully saturated rings. The molecule has 3 aromatic carbocycles. The summed E-state index contributed by atoms with van der Waals surface area (Å²) >= 11 is 0. The first kappa shape index (κ1) is 20.6. The van der Waals surface area contributed by atoms with Crippen molar-refractivity contribution < 1.29 is 18.7 Å². The first-order chi connectivity index (χ1) is 14.8. The number of rotatable bonds is 2. The third kappa shape index (κ3) is 3.65. The van der Waals surface area contributed by atoms with E-state index in [1.54, 1.807) is 56.3 Å². The smallest absolute Gasteiger partial charge is 0.332 e. The number of carbonyl (C=O) groups is 1. The van der Waals surface area contributed by atoms with Gasteiger partial charge in [-0.1, -0.05) is 48.2 Å². The van der Waals surface area contributed by atoms with Gasteiger partial charge in [0.2, 0.25) is 0 Å². The molecule has 1 unspecified atom stereocenters. The van der Waals surface area contributed by atoms with Gasteiger partial charge >= 0.3 is 6.03 Å². The third-order valence-electron chi connectivity index (χ3n) is 5.25. The van der Waals surface area contributed by atoms with E-state index in [0.29, 0.717) is 11.3 Å². The highest BCUT2D eigenvalue weighted by molar-refractivity contribution is 6.08. The molecule has 1 N–H and O–H groups in total. The average molecular weight is 418 g/mol. The summed E-state index contributed by atoms with van der Waals surface area (Å²) in [7, 11) is 0. The van der Waals surface area contributed by atoms with Crippen molar-refractivity contribution in [2.45, 2.75) is 25.6 Å². The third-order valence-corrected chi connectivity index (χ3v) is 5.25. The molecule has 4 nitrogen and oxygen atoms in total. The van der Waals surface area contributed by atoms with Crippen molar-refractivity contribution in [2.75, 3.05) is 9.80 Å². The molecule has 1 atom stereocenters. The zero-order valence-corrected chi connectivity index (χ0v) is 17.0. The lowest BCUT2D eigenvalue weighted by Crippen LogP contribution is -2.47. The number of urea groups is 1. The van der Waals surface area contributed by atoms with Gasteiger partial charge in [0, 0.05) is 16.8 Å². The number of para-hydroxylation sites is 1. The van der Waals surface area contributed by atoms with E-state index in [1.807, 2.05) is 18.2 Å². The molecule has 1 heterocycles. The van der Waals surface area contributed by atoms with Crippen molar-refractivity contribution in [3.63, 3.8) is 0 Å². The molecule has 2 amide bonds. The normalized spacial score (nSPS) is 17.5. The van der Waals surface area contributed by atoms with Crippen LogP contribution in [0.4, 0.5) is 25.0 Å². The highest BCUT2D eigenvalue weighted by Gasteiger charge is 2.53. The quantitative estimate of drug-likeness (QED) is 0.601. The van der Waals surface area contributed by atoms with E-state index >= 15 is 0 Å². The molecule has 3 aromatic rings. The lowest BCUT2D eigenvalue weighted by Gasteiger charge is -2.31. The molecular weight excluding hydrogens is 398 g/mol. The zero-order chi connectivity index (χ0) is 22.2. The van der Waals surface area contributed by atoms with E-state index in [1.165, 1.54) is 4.90 Å². The van der Waals surface area contributed by atoms with Crippen LogP contribution in [0.15, 0.2) is 72.8 Å². The van der Waals surface area contributed by atoms with E-state index < -0.39 is 35.1 Å². The number of aliphatic hydroxyl groups excluding tert-OH is 1. The Morgan fingerprint density at radius 3 is 1.97 bits per heavy atom. The number of nitrogens with zero attached hydrogens (tertiary/aromatic N) is 2. The van der Waals surface area contributed by atoms with Gasteiger partial charge in [-0.25, -0.2) is 13.6 Å². The van der Waals surface area contributed by atoms with Crippen LogP contribution in [0.5, 0.6) is 0 Å². The van der Waals surface area contributed by atoms with Gasteiger partial charge in [0.15, 0.2) is 17.9 Å². The van der Waals surface area contributed by atoms with E-state index in [-0.39, 0.29) is 5.56 Å². The predicted octanol–water partition coefficient (Wildman–Crippen LogP) is 4.91. The van der Waals surface area contributed by atoms with Crippen LogP contribution in [-0.4, -0.2) is 22.9 Å². The van der Waals surface area contributed by atoms with Crippen molar-refractivity contribution in [1.29, 1.82) is 0 Å². The number of halogens is 2. The van der Waals surface area contributed by atoms with Crippen LogP contribution in [0.3, 0.4) is 0 Å². The fraction of sp³-hybridized carbons (Fsp3) is 0.160. The fourth-order valence-corrected chi connectivity index (χ4v) is 3.66. The van der Waals surface area contributed by atoms with Crippen LogP contribution in [0.2, 0.25) is 0 Å². The van der Waals surface area contributed by atoms with Crippen molar-refractivity contribution in [2.24, 2.45) is 0 Å². The Hall–Kier alpha value is -3.69. The molecule has 6 heteroatoms. The van der Waals surface area contributed by atoms with Crippen LogP contribution < -0.4 is 9.80 Å². The standard InChI is InChI=1S/C25H20F2N2O2/c1-25(2)23(30)28(24(31)29(25)19-11-7-4-8-12-19)22-20(26)15-18(16-21(22)27)14-13-17-9-5-3-6-10-17/h3-12,15-16,23,30H,1-2H3. The van der Waals surface area contributed by atoms with Gasteiger partial charge in [-0.2, -0.15) is 0 Å². The Balaban J connectivity index is 1.73. The zero-order valence-electron chi connectivity index (χ0n) is 17.0. The van der Waals surface area contributed by atoms with Crippen molar-refractivity contribution in [3.05, 3.63) is 95.6 Å². The maximum Gasteiger partial charge on any atom is 0.332 e. The van der Waals surface area contributed by atoms with Crippen LogP contribution in [0.25, 0.3) is 0 Å². The molecule has 1 saturated heterocycles. The lowest BCUT2D eigenvalue weighted by atomic mass is 10.0. The fourth-order valence-electron chi connectivity index (χ4n) is 3.66. The molecule has 156 valence electrons. The van der Waals surface area contributed by atoms with Gasteiger partial charge in [0.1, 0.15) is 5.69 Å². The topological polar surface area (TPSA) is 43.8 Å². The maximum atomic E-state index is 15.0. The van der Waals surface area contributed by atoms with Gasteiger partial charge in [0.25, 0.3) is 0 Å². The first-order valence-electron chi connectivity index (χ1n) is 9.73. The minimum absolute atomic E-state index is 0.128. The second-order valence-electron chi connectivity index (χ2n) is 7.76. The molecule has 0 aliphatic carbocycles. The molecule has 1 aliphatic heterocycles. The molecule has 0 bridgehead atoms. The molecule has 31 heavy (non-hydrogen) atoms. The summed E-state index contributed by atoms with van der Waals surface area (Å²) in [5, 5.41) is 10.8. The molecule has 1 aliphatic rings. The number of aliphatic hydroxyl groups is 1. The highest BCUT2D eigenvalue weighted by Crippen LogP contribution is 2.40. The SMILES string of the molecule is CC1(C)C(O)N(c2c(F)cc(C#Cc3ccccc3)cc2F)C(=O)N1c1ccccc1. The monoisotopic (exact) mass is 418 g/mol. The average Bonchev–Trinajstić information content (AvgIpc) is 2.92. The van der Waals surface area contributed by atoms with Crippen molar-refractivity contribution in [1.82, 2.24) is 0 Å². The van der Waals surface area contributed by atoms with E-state index in [4.69, 9.17) is 0 Å². The maximum absolute atomic E-state index is 15.0. The summed E-state index contributed by atoms with van der Waals surface area (Å²) in [6.07, 6.45) is -1.47. The lowest BCUT2D eigenvalue weighted by molar-refractivity contribution is 0.128. The number of hydrogen-bond donors (Lipinski definition) is 1. The summed E-state index contributed by atoms with van der Waals surface area (Å²) in [5.41, 5.74) is -0.372. The van der Waals surface area contributed by atoms with E-state index in [0.717, 1.165) is 17.0 Å². The van der Waals surface area contributed by atoms with Gasteiger partial charge in [-0.3, -0.25) is 9.80 Å². The van der Waals surface area contributed by atoms with Crippen LogP contribution in [0.1, 0.15) is 25.0 Å². The highest BCUT2D eigenvalue weighted by atomic mass is 19.1. The number of anilines is 2. The Morgan fingerprint density at radius 2 is 1.39 bits per heavy atom. The molecular formula is C25H20F2N2O2. The number of benzene rings is 3. The van der Waals surface area contributed by atoms with Crippen molar-refractivity contribution >= 4 is 17.4 Å². The largest absolute Gasteiger partial charge is 0.371 e. The summed E-state index contributed by atoms with van der Waals surface area (Å²) in [6, 6.07) is 19.1. The second-order valence-corrected chi connectivity index (χ2v) is 7.76. The molecule has 0 spiro atoms. The van der Waals surface area contributed by atoms with Crippen molar-refractivity contribution in [3.8, 4) is 11.8 Å². The minimum Gasteiger partial charge on any atom is -0.371 e. The Morgan fingerprint density at radius 1 is 0.871 bits per heavy atom. The number of hydrogen-bond acceptors (Lipinski definition) is 2. The summed E-state index contributed by atoms with van der Waals surface area (Å²) in [6.45, 7) is 3.27. The van der Waals surface area contributed by atoms with Crippen LogP contribution in [-0.2, 0) is 0 Å². The van der Waals surface area contributed by atoms with Gasteiger partial charge in [-0.05, 0) is 50.2 Å². The minimum atomic E-state index is -1.47. The molecule has 4 rings (SSSR count). The Kier molecular flexibility index (Phi) is 5.22. The number of carbonyl (C=O) groups excluding carboxylic acids is 1. The summed E-state index contributed by atoms with van der Waals surface area (Å²) in [5.74, 6) is 3.62. The first-order valence-corrected chi connectivity index (χ1v) is 9.73. The Labute approximate surface area is 179 Å². The second kappa shape index (κ2) is 7.86. The van der Waals surface area contributed by atoms with Gasteiger partial charge < -0.3 is 5.11 Å². The van der Waals surface area contributed by atoms with E-state index in [9.17, 15) is 18.7 Å². The molecule has 0 aromatic heterocycles. The predicted molar refractivity (Wildman–Crippen MR) is 116 cm³/mol. The van der Waals surface area contributed by atoms with Crippen LogP contribution in [0, 0.1) is 23.5 Å². The molecule has 0 saturated carbocycles. The number of amides is 2. The van der Waals surface area contributed by atoms with E-state index in [2.05, 4.69) is 11.8 Å². The summed E-state index contributed by atoms with van der Waals surface area (Å²) < 4.78 is 30.0. The van der Waals surface area contributed by atoms with Crippen LogP contribution >= 0.6 is 0 Å². The van der Waals surface area contributed by atoms with Gasteiger partial charge in [-0.15, -0.1) is 0 Å². The molecule has 0 radical (unpaired) electrons. The van der Waals surface area contributed by atoms with Gasteiger partial charge in [0.05, 0.1) is 5.54 Å². The Bertz CT molecular complexity index is 1160.